The molecular formula is C18H13ClO6. The lowest BCUT2D eigenvalue weighted by molar-refractivity contribution is 0.0969. The summed E-state index contributed by atoms with van der Waals surface area (Å²) in [5.41, 5.74) is -0.223. The third kappa shape index (κ3) is 2.21. The Morgan fingerprint density at radius 1 is 1.08 bits per heavy atom. The minimum atomic E-state index is -0.728. The van der Waals surface area contributed by atoms with Crippen LogP contribution in [0.15, 0.2) is 12.1 Å². The molecular weight excluding hydrogens is 348 g/mol. The molecule has 0 fully saturated rings. The van der Waals surface area contributed by atoms with Crippen LogP contribution in [0.5, 0.6) is 17.2 Å². The summed E-state index contributed by atoms with van der Waals surface area (Å²) in [7, 11) is 1.29. The van der Waals surface area contributed by atoms with Crippen LogP contribution in [0.2, 0.25) is 5.02 Å². The van der Waals surface area contributed by atoms with Gasteiger partial charge in [0, 0.05) is 11.6 Å². The molecule has 0 saturated carbocycles. The van der Waals surface area contributed by atoms with Crippen molar-refractivity contribution in [2.45, 2.75) is 13.8 Å². The van der Waals surface area contributed by atoms with Crippen LogP contribution in [0.4, 0.5) is 0 Å². The van der Waals surface area contributed by atoms with Gasteiger partial charge in [0.15, 0.2) is 11.6 Å². The molecule has 6 nitrogen and oxygen atoms in total. The zero-order valence-corrected chi connectivity index (χ0v) is 14.3. The maximum atomic E-state index is 12.9. The number of phenols is 2. The summed E-state index contributed by atoms with van der Waals surface area (Å²) in [6, 6.07) is 2.38. The number of ether oxygens (including phenoxy) is 1. The van der Waals surface area contributed by atoms with E-state index in [1.807, 2.05) is 0 Å². The predicted octanol–water partition coefficient (Wildman–Crippen LogP) is 3.05. The summed E-state index contributed by atoms with van der Waals surface area (Å²) in [6.45, 7) is 2.94. The summed E-state index contributed by atoms with van der Waals surface area (Å²) in [4.78, 5) is 37.8. The lowest BCUT2D eigenvalue weighted by atomic mass is 9.80. The molecule has 0 unspecified atom stereocenters. The average Bonchev–Trinajstić information content (AvgIpc) is 2.54. The summed E-state index contributed by atoms with van der Waals surface area (Å²) >= 11 is 5.80. The minimum absolute atomic E-state index is 0.0196. The molecule has 2 aromatic rings. The van der Waals surface area contributed by atoms with Crippen molar-refractivity contribution >= 4 is 29.0 Å². The number of ketones is 3. The summed E-state index contributed by atoms with van der Waals surface area (Å²) in [6.07, 6.45) is 0. The van der Waals surface area contributed by atoms with Crippen molar-refractivity contribution in [3.63, 3.8) is 0 Å². The quantitative estimate of drug-likeness (QED) is 0.538. The fraction of sp³-hybridized carbons (Fsp3) is 0.167. The second-order valence-corrected chi connectivity index (χ2v) is 6.12. The topological polar surface area (TPSA) is 101 Å². The fourth-order valence-corrected chi connectivity index (χ4v) is 3.37. The molecule has 0 atom stereocenters. The fourth-order valence-electron chi connectivity index (χ4n) is 3.17. The number of aryl methyl sites for hydroxylation is 1. The van der Waals surface area contributed by atoms with Gasteiger partial charge in [0.25, 0.3) is 0 Å². The highest BCUT2D eigenvalue weighted by molar-refractivity contribution is 6.36. The van der Waals surface area contributed by atoms with Gasteiger partial charge < -0.3 is 14.9 Å². The van der Waals surface area contributed by atoms with Crippen LogP contribution in [0.25, 0.3) is 0 Å². The molecule has 0 amide bonds. The van der Waals surface area contributed by atoms with Crippen LogP contribution in [0, 0.1) is 6.92 Å². The number of fused-ring (bicyclic) bond motifs is 2. The number of halogens is 1. The minimum Gasteiger partial charge on any atom is -0.507 e. The molecule has 2 aromatic carbocycles. The molecule has 0 heterocycles. The van der Waals surface area contributed by atoms with Gasteiger partial charge in [-0.2, -0.15) is 0 Å². The molecule has 1 aliphatic carbocycles. The summed E-state index contributed by atoms with van der Waals surface area (Å²) in [5.74, 6) is -2.88. The van der Waals surface area contributed by atoms with E-state index in [2.05, 4.69) is 0 Å². The van der Waals surface area contributed by atoms with E-state index in [-0.39, 0.29) is 44.4 Å². The zero-order valence-electron chi connectivity index (χ0n) is 13.6. The van der Waals surface area contributed by atoms with E-state index in [0.717, 1.165) is 6.07 Å². The Kier molecular flexibility index (Phi) is 3.80. The largest absolute Gasteiger partial charge is 0.507 e. The monoisotopic (exact) mass is 360 g/mol. The number of carbonyl (C=O) groups is 3. The Bertz CT molecular complexity index is 990. The highest BCUT2D eigenvalue weighted by Gasteiger charge is 2.39. The standard InChI is InChI=1S/C18H13ClO6/c1-6-4-8-12(18(25-3)11(6)7(2)20)17(24)13-10(21)5-9(19)16(23)14(13)15(8)22/h4-5,21,23H,1-3H3. The first kappa shape index (κ1) is 17.0. The number of rotatable bonds is 2. The maximum absolute atomic E-state index is 12.9. The normalized spacial score (nSPS) is 12.6. The Balaban J connectivity index is 2.47. The van der Waals surface area contributed by atoms with Gasteiger partial charge in [0.1, 0.15) is 17.2 Å². The van der Waals surface area contributed by atoms with Crippen LogP contribution in [0.3, 0.4) is 0 Å². The number of carbonyl (C=O) groups excluding carboxylic acids is 3. The van der Waals surface area contributed by atoms with E-state index in [1.54, 1.807) is 6.92 Å². The molecule has 1 aliphatic rings. The number of methoxy groups -OCH3 is 1. The zero-order chi connectivity index (χ0) is 18.6. The predicted molar refractivity (Wildman–Crippen MR) is 89.4 cm³/mol. The van der Waals surface area contributed by atoms with Gasteiger partial charge in [0.2, 0.25) is 5.78 Å². The second kappa shape index (κ2) is 5.60. The van der Waals surface area contributed by atoms with Crippen molar-refractivity contribution in [3.8, 4) is 17.2 Å². The molecule has 25 heavy (non-hydrogen) atoms. The van der Waals surface area contributed by atoms with Gasteiger partial charge >= 0.3 is 0 Å². The third-order valence-electron chi connectivity index (χ3n) is 4.19. The number of Topliss-reactive ketones (excluding diaryl/α,β-unsaturated/α-hetero) is 1. The Hall–Kier alpha value is -2.86. The van der Waals surface area contributed by atoms with Gasteiger partial charge in [-0.25, -0.2) is 0 Å². The molecule has 2 N–H and O–H groups in total. The van der Waals surface area contributed by atoms with Crippen molar-refractivity contribution in [1.29, 1.82) is 0 Å². The second-order valence-electron chi connectivity index (χ2n) is 5.71. The van der Waals surface area contributed by atoms with Crippen LogP contribution >= 0.6 is 11.6 Å². The van der Waals surface area contributed by atoms with Crippen molar-refractivity contribution in [1.82, 2.24) is 0 Å². The molecule has 0 spiro atoms. The van der Waals surface area contributed by atoms with Crippen molar-refractivity contribution in [3.05, 3.63) is 50.5 Å². The molecule has 0 aromatic heterocycles. The maximum Gasteiger partial charge on any atom is 0.202 e. The van der Waals surface area contributed by atoms with Crippen LogP contribution in [0.1, 0.15) is 54.7 Å². The Morgan fingerprint density at radius 3 is 2.28 bits per heavy atom. The van der Waals surface area contributed by atoms with Gasteiger partial charge in [-0.15, -0.1) is 0 Å². The molecule has 0 radical (unpaired) electrons. The van der Waals surface area contributed by atoms with Crippen LogP contribution < -0.4 is 4.74 Å². The van der Waals surface area contributed by atoms with Crippen molar-refractivity contribution < 1.29 is 29.3 Å². The van der Waals surface area contributed by atoms with E-state index in [4.69, 9.17) is 16.3 Å². The summed E-state index contributed by atoms with van der Waals surface area (Å²) < 4.78 is 5.25. The van der Waals surface area contributed by atoms with Crippen LogP contribution in [-0.4, -0.2) is 34.7 Å². The SMILES string of the molecule is COc1c(C(C)=O)c(C)cc2c1C(=O)c1c(O)cc(Cl)c(O)c1C2=O. The molecule has 128 valence electrons. The van der Waals surface area contributed by atoms with Gasteiger partial charge in [-0.05, 0) is 25.5 Å². The first-order valence-corrected chi connectivity index (χ1v) is 7.64. The van der Waals surface area contributed by atoms with E-state index >= 15 is 0 Å². The lowest BCUT2D eigenvalue weighted by Gasteiger charge is -2.23. The highest BCUT2D eigenvalue weighted by Crippen LogP contribution is 2.45. The number of hydrogen-bond acceptors (Lipinski definition) is 6. The Labute approximate surface area is 147 Å². The lowest BCUT2D eigenvalue weighted by Crippen LogP contribution is -2.24. The van der Waals surface area contributed by atoms with E-state index in [1.165, 1.54) is 20.1 Å². The number of hydrogen-bond donors (Lipinski definition) is 2. The van der Waals surface area contributed by atoms with Crippen molar-refractivity contribution in [2.24, 2.45) is 0 Å². The van der Waals surface area contributed by atoms with Crippen molar-refractivity contribution in [2.75, 3.05) is 7.11 Å². The molecule has 0 aliphatic heterocycles. The summed E-state index contributed by atoms with van der Waals surface area (Å²) in [5, 5.41) is 20.0. The number of benzene rings is 2. The first-order chi connectivity index (χ1) is 11.7. The van der Waals surface area contributed by atoms with Crippen LogP contribution in [-0.2, 0) is 0 Å². The molecule has 3 rings (SSSR count). The number of aromatic hydroxyl groups is 2. The van der Waals surface area contributed by atoms with Gasteiger partial charge in [-0.1, -0.05) is 11.6 Å². The van der Waals surface area contributed by atoms with E-state index in [0.29, 0.717) is 5.56 Å². The highest BCUT2D eigenvalue weighted by atomic mass is 35.5. The third-order valence-corrected chi connectivity index (χ3v) is 4.48. The number of phenolic OH excluding ortho intramolecular Hbond substituents is 2. The van der Waals surface area contributed by atoms with Gasteiger partial charge in [-0.3, -0.25) is 14.4 Å². The van der Waals surface area contributed by atoms with E-state index in [9.17, 15) is 24.6 Å². The molecule has 0 saturated heterocycles. The molecule has 0 bridgehead atoms. The first-order valence-electron chi connectivity index (χ1n) is 7.27. The molecule has 7 heteroatoms. The smallest absolute Gasteiger partial charge is 0.202 e. The average molecular weight is 361 g/mol. The Morgan fingerprint density at radius 2 is 1.72 bits per heavy atom. The van der Waals surface area contributed by atoms with E-state index < -0.39 is 23.1 Å². The van der Waals surface area contributed by atoms with Gasteiger partial charge in [0.05, 0.1) is 34.4 Å².